The van der Waals surface area contributed by atoms with Crippen molar-refractivity contribution in [3.63, 3.8) is 0 Å². The Morgan fingerprint density at radius 2 is 1.92 bits per heavy atom. The fourth-order valence-electron chi connectivity index (χ4n) is 2.73. The molecular formula is C18H19N3O3. The number of amides is 1. The van der Waals surface area contributed by atoms with Crippen molar-refractivity contribution < 1.29 is 14.6 Å². The summed E-state index contributed by atoms with van der Waals surface area (Å²) in [7, 11) is 1.57. The Labute approximate surface area is 140 Å². The third kappa shape index (κ3) is 2.76. The van der Waals surface area contributed by atoms with Crippen molar-refractivity contribution in [1.82, 2.24) is 9.99 Å². The van der Waals surface area contributed by atoms with E-state index < -0.39 is 5.72 Å². The van der Waals surface area contributed by atoms with E-state index in [0.717, 1.165) is 5.71 Å². The largest absolute Gasteiger partial charge is 0.497 e. The van der Waals surface area contributed by atoms with Crippen LogP contribution in [0.1, 0.15) is 35.7 Å². The van der Waals surface area contributed by atoms with Gasteiger partial charge < -0.3 is 9.84 Å². The lowest BCUT2D eigenvalue weighted by atomic mass is 9.97. The molecule has 0 fully saturated rings. The summed E-state index contributed by atoms with van der Waals surface area (Å²) in [5.41, 5.74) is 0.304. The number of methoxy groups -OCH3 is 1. The zero-order valence-electron chi connectivity index (χ0n) is 13.6. The van der Waals surface area contributed by atoms with E-state index in [-0.39, 0.29) is 12.3 Å². The van der Waals surface area contributed by atoms with E-state index in [4.69, 9.17) is 4.74 Å². The number of carbonyl (C=O) groups excluding carboxylic acids is 1. The minimum absolute atomic E-state index is 0.287. The summed E-state index contributed by atoms with van der Waals surface area (Å²) < 4.78 is 5.11. The molecule has 0 saturated heterocycles. The summed E-state index contributed by atoms with van der Waals surface area (Å²) in [6, 6.07) is 10.1. The monoisotopic (exact) mass is 325 g/mol. The van der Waals surface area contributed by atoms with Crippen LogP contribution in [0.25, 0.3) is 0 Å². The molecule has 1 aliphatic rings. The summed E-state index contributed by atoms with van der Waals surface area (Å²) in [6.07, 6.45) is 4.13. The Morgan fingerprint density at radius 3 is 2.50 bits per heavy atom. The van der Waals surface area contributed by atoms with Crippen LogP contribution in [0.4, 0.5) is 0 Å². The van der Waals surface area contributed by atoms with Crippen LogP contribution in [0.3, 0.4) is 0 Å². The maximum atomic E-state index is 12.9. The van der Waals surface area contributed by atoms with E-state index in [1.54, 1.807) is 55.9 Å². The van der Waals surface area contributed by atoms with Gasteiger partial charge in [0.1, 0.15) is 5.75 Å². The molecule has 1 unspecified atom stereocenters. The molecule has 2 aromatic rings. The number of aromatic nitrogens is 1. The summed E-state index contributed by atoms with van der Waals surface area (Å²) in [6.45, 7) is 1.95. The van der Waals surface area contributed by atoms with Crippen LogP contribution in [-0.2, 0) is 5.72 Å². The molecule has 3 rings (SSSR count). The molecule has 24 heavy (non-hydrogen) atoms. The topological polar surface area (TPSA) is 75.0 Å². The lowest BCUT2D eigenvalue weighted by molar-refractivity contribution is -0.0766. The molecule has 0 saturated carbocycles. The lowest BCUT2D eigenvalue weighted by Gasteiger charge is -2.31. The SMILES string of the molecule is CCC1=NN(C(=O)c2ccc(OC)cc2)C(O)(c2ccncc2)C1. The number of carbonyl (C=O) groups is 1. The van der Waals surface area contributed by atoms with Crippen LogP contribution in [0.15, 0.2) is 53.9 Å². The highest BCUT2D eigenvalue weighted by atomic mass is 16.5. The number of pyridine rings is 1. The van der Waals surface area contributed by atoms with Crippen molar-refractivity contribution in [2.45, 2.75) is 25.5 Å². The number of hydrogen-bond donors (Lipinski definition) is 1. The summed E-state index contributed by atoms with van der Waals surface area (Å²) >= 11 is 0. The number of nitrogens with zero attached hydrogens (tertiary/aromatic N) is 3. The fourth-order valence-corrected chi connectivity index (χ4v) is 2.73. The van der Waals surface area contributed by atoms with Gasteiger partial charge in [-0.05, 0) is 42.8 Å². The van der Waals surface area contributed by atoms with E-state index >= 15 is 0 Å². The highest BCUT2D eigenvalue weighted by Crippen LogP contribution is 2.36. The second-order valence-corrected chi connectivity index (χ2v) is 5.59. The number of hydrogen-bond acceptors (Lipinski definition) is 5. The zero-order valence-corrected chi connectivity index (χ0v) is 13.6. The third-order valence-electron chi connectivity index (χ3n) is 4.12. The molecule has 6 nitrogen and oxygen atoms in total. The van der Waals surface area contributed by atoms with Crippen LogP contribution >= 0.6 is 0 Å². The van der Waals surface area contributed by atoms with Crippen LogP contribution < -0.4 is 4.74 Å². The van der Waals surface area contributed by atoms with E-state index in [9.17, 15) is 9.90 Å². The Morgan fingerprint density at radius 1 is 1.25 bits per heavy atom. The normalized spacial score (nSPS) is 20.0. The molecule has 1 aromatic carbocycles. The van der Waals surface area contributed by atoms with Crippen molar-refractivity contribution in [3.05, 3.63) is 59.9 Å². The molecule has 0 aliphatic carbocycles. The van der Waals surface area contributed by atoms with Gasteiger partial charge in [0.2, 0.25) is 0 Å². The first-order chi connectivity index (χ1) is 11.6. The molecule has 1 atom stereocenters. The molecule has 1 aliphatic heterocycles. The van der Waals surface area contributed by atoms with Gasteiger partial charge >= 0.3 is 0 Å². The predicted molar refractivity (Wildman–Crippen MR) is 89.6 cm³/mol. The van der Waals surface area contributed by atoms with E-state index in [0.29, 0.717) is 23.3 Å². The van der Waals surface area contributed by atoms with E-state index in [1.165, 1.54) is 5.01 Å². The van der Waals surface area contributed by atoms with Gasteiger partial charge in [-0.25, -0.2) is 0 Å². The second kappa shape index (κ2) is 6.41. The number of hydrazone groups is 1. The van der Waals surface area contributed by atoms with Crippen LogP contribution in [0.5, 0.6) is 5.75 Å². The summed E-state index contributed by atoms with van der Waals surface area (Å²) in [5, 5.41) is 16.7. The van der Waals surface area contributed by atoms with Crippen molar-refractivity contribution in [2.24, 2.45) is 5.10 Å². The third-order valence-corrected chi connectivity index (χ3v) is 4.12. The van der Waals surface area contributed by atoms with E-state index in [1.807, 2.05) is 6.92 Å². The molecule has 0 radical (unpaired) electrons. The smallest absolute Gasteiger partial charge is 0.276 e. The first kappa shape index (κ1) is 16.1. The minimum atomic E-state index is -1.49. The summed E-state index contributed by atoms with van der Waals surface area (Å²) in [4.78, 5) is 16.9. The molecule has 124 valence electrons. The first-order valence-corrected chi connectivity index (χ1v) is 7.76. The molecule has 6 heteroatoms. The fraction of sp³-hybridized carbons (Fsp3) is 0.278. The average molecular weight is 325 g/mol. The van der Waals surface area contributed by atoms with Crippen LogP contribution in [0, 0.1) is 0 Å². The second-order valence-electron chi connectivity index (χ2n) is 5.59. The van der Waals surface area contributed by atoms with Gasteiger partial charge in [-0.15, -0.1) is 0 Å². The predicted octanol–water partition coefficient (Wildman–Crippen LogP) is 2.55. The van der Waals surface area contributed by atoms with Crippen LogP contribution in [0.2, 0.25) is 0 Å². The van der Waals surface area contributed by atoms with Crippen LogP contribution in [-0.4, -0.2) is 33.8 Å². The maximum absolute atomic E-state index is 12.9. The Bertz CT molecular complexity index is 759. The van der Waals surface area contributed by atoms with Gasteiger partial charge in [0, 0.05) is 35.7 Å². The molecule has 0 spiro atoms. The summed E-state index contributed by atoms with van der Waals surface area (Å²) in [5.74, 6) is 0.301. The molecule has 1 aromatic heterocycles. The minimum Gasteiger partial charge on any atom is -0.497 e. The zero-order chi connectivity index (χ0) is 17.2. The van der Waals surface area contributed by atoms with E-state index in [2.05, 4.69) is 10.1 Å². The molecular weight excluding hydrogens is 306 g/mol. The highest BCUT2D eigenvalue weighted by Gasteiger charge is 2.45. The van der Waals surface area contributed by atoms with Crippen molar-refractivity contribution in [1.29, 1.82) is 0 Å². The van der Waals surface area contributed by atoms with Gasteiger partial charge in [0.25, 0.3) is 5.91 Å². The Kier molecular flexibility index (Phi) is 4.31. The molecule has 0 bridgehead atoms. The average Bonchev–Trinajstić information content (AvgIpc) is 3.00. The first-order valence-electron chi connectivity index (χ1n) is 7.76. The molecule has 1 amide bonds. The highest BCUT2D eigenvalue weighted by molar-refractivity contribution is 5.98. The molecule has 1 N–H and O–H groups in total. The maximum Gasteiger partial charge on any atom is 0.276 e. The standard InChI is InChI=1S/C18H19N3O3/c1-3-15-12-18(23,14-8-10-19-11-9-14)21(20-15)17(22)13-4-6-16(24-2)7-5-13/h4-11,23H,3,12H2,1-2H3. The van der Waals surface area contributed by atoms with Gasteiger partial charge in [0.05, 0.1) is 7.11 Å². The number of aliphatic hydroxyl groups is 1. The number of benzene rings is 1. The Hall–Kier alpha value is -2.73. The van der Waals surface area contributed by atoms with Gasteiger partial charge in [-0.1, -0.05) is 6.92 Å². The number of rotatable bonds is 4. The lowest BCUT2D eigenvalue weighted by Crippen LogP contribution is -2.43. The quantitative estimate of drug-likeness (QED) is 0.937. The number of ether oxygens (including phenoxy) is 1. The van der Waals surface area contributed by atoms with Crippen molar-refractivity contribution in [3.8, 4) is 5.75 Å². The molecule has 2 heterocycles. The van der Waals surface area contributed by atoms with Gasteiger partial charge in [-0.3, -0.25) is 9.78 Å². The van der Waals surface area contributed by atoms with Crippen molar-refractivity contribution >= 4 is 11.6 Å². The van der Waals surface area contributed by atoms with Crippen molar-refractivity contribution in [2.75, 3.05) is 7.11 Å². The van der Waals surface area contributed by atoms with Gasteiger partial charge in [-0.2, -0.15) is 10.1 Å². The van der Waals surface area contributed by atoms with Gasteiger partial charge in [0.15, 0.2) is 5.72 Å². The Balaban J connectivity index is 1.98.